The summed E-state index contributed by atoms with van der Waals surface area (Å²) in [5.41, 5.74) is 4.05. The molecule has 1 aliphatic rings. The van der Waals surface area contributed by atoms with E-state index in [0.717, 1.165) is 42.0 Å². The number of hydrogen-bond acceptors (Lipinski definition) is 3. The van der Waals surface area contributed by atoms with E-state index in [1.807, 2.05) is 56.0 Å². The van der Waals surface area contributed by atoms with Crippen molar-refractivity contribution in [2.24, 2.45) is 5.92 Å². The van der Waals surface area contributed by atoms with Crippen molar-refractivity contribution in [3.05, 3.63) is 60.3 Å². The number of aromatic nitrogens is 4. The Labute approximate surface area is 146 Å². The molecule has 1 aliphatic heterocycles. The summed E-state index contributed by atoms with van der Waals surface area (Å²) in [6.45, 7) is 1.40. The highest BCUT2D eigenvalue weighted by Crippen LogP contribution is 2.23. The summed E-state index contributed by atoms with van der Waals surface area (Å²) in [6.07, 6.45) is 5.34. The number of rotatable bonds is 4. The number of imidazole rings is 1. The maximum atomic E-state index is 12.8. The number of fused-ring (bicyclic) bond motifs is 1. The molecular weight excluding hydrogens is 314 g/mol. The third-order valence-corrected chi connectivity index (χ3v) is 4.81. The van der Waals surface area contributed by atoms with Gasteiger partial charge >= 0.3 is 0 Å². The zero-order chi connectivity index (χ0) is 17.2. The Kier molecular flexibility index (Phi) is 4.09. The number of nitrogens with one attached hydrogen (secondary N) is 1. The average molecular weight is 335 g/mol. The van der Waals surface area contributed by atoms with Gasteiger partial charge in [-0.3, -0.25) is 9.89 Å². The zero-order valence-electron chi connectivity index (χ0n) is 14.2. The van der Waals surface area contributed by atoms with E-state index in [2.05, 4.69) is 19.7 Å². The molecule has 4 rings (SSSR count). The maximum Gasteiger partial charge on any atom is 0.226 e. The van der Waals surface area contributed by atoms with Crippen LogP contribution in [0.4, 0.5) is 0 Å². The maximum absolute atomic E-state index is 12.8. The van der Waals surface area contributed by atoms with Gasteiger partial charge in [0.25, 0.3) is 0 Å². The first-order chi connectivity index (χ1) is 12.2. The fourth-order valence-corrected chi connectivity index (χ4v) is 3.42. The molecule has 25 heavy (non-hydrogen) atoms. The van der Waals surface area contributed by atoms with Crippen LogP contribution in [0.2, 0.25) is 0 Å². The minimum atomic E-state index is 0.0331. The second-order valence-corrected chi connectivity index (χ2v) is 6.61. The lowest BCUT2D eigenvalue weighted by molar-refractivity contribution is -0.135. The largest absolute Gasteiger partial charge is 0.340 e. The van der Waals surface area contributed by atoms with Crippen LogP contribution in [0, 0.1) is 5.92 Å². The molecule has 2 aromatic heterocycles. The molecule has 0 saturated carbocycles. The molecule has 0 saturated heterocycles. The Bertz CT molecular complexity index is 867. The topological polar surface area (TPSA) is 66.8 Å². The van der Waals surface area contributed by atoms with Crippen LogP contribution in [0.25, 0.3) is 11.3 Å². The summed E-state index contributed by atoms with van der Waals surface area (Å²) in [4.78, 5) is 18.7. The molecule has 0 radical (unpaired) electrons. The number of hydrogen-bond donors (Lipinski definition) is 1. The van der Waals surface area contributed by atoms with E-state index in [-0.39, 0.29) is 11.8 Å². The molecule has 1 atom stereocenters. The molecule has 3 heterocycles. The molecule has 0 fully saturated rings. The third-order valence-electron chi connectivity index (χ3n) is 4.81. The van der Waals surface area contributed by atoms with Gasteiger partial charge in [0.05, 0.1) is 24.3 Å². The Morgan fingerprint density at radius 3 is 3.04 bits per heavy atom. The molecule has 1 amide bonds. The summed E-state index contributed by atoms with van der Waals surface area (Å²) < 4.78 is 2.13. The van der Waals surface area contributed by atoms with Crippen molar-refractivity contribution in [1.82, 2.24) is 24.6 Å². The third kappa shape index (κ3) is 3.20. The van der Waals surface area contributed by atoms with Gasteiger partial charge in [-0.2, -0.15) is 5.10 Å². The average Bonchev–Trinajstić information content (AvgIpc) is 3.30. The molecule has 1 aromatic carbocycles. The van der Waals surface area contributed by atoms with Crippen LogP contribution in [0.1, 0.15) is 17.8 Å². The quantitative estimate of drug-likeness (QED) is 0.796. The van der Waals surface area contributed by atoms with Crippen molar-refractivity contribution in [3.63, 3.8) is 0 Å². The zero-order valence-corrected chi connectivity index (χ0v) is 14.2. The minimum Gasteiger partial charge on any atom is -0.340 e. The first-order valence-electron chi connectivity index (χ1n) is 8.54. The van der Waals surface area contributed by atoms with E-state index >= 15 is 0 Å². The summed E-state index contributed by atoms with van der Waals surface area (Å²) in [5, 5.41) is 7.41. The van der Waals surface area contributed by atoms with Gasteiger partial charge in [-0.05, 0) is 12.5 Å². The molecule has 6 heteroatoms. The van der Waals surface area contributed by atoms with Crippen LogP contribution in [0.3, 0.4) is 0 Å². The second-order valence-electron chi connectivity index (χ2n) is 6.61. The number of nitrogens with zero attached hydrogens (tertiary/aromatic N) is 4. The summed E-state index contributed by atoms with van der Waals surface area (Å²) >= 11 is 0. The smallest absolute Gasteiger partial charge is 0.226 e. The van der Waals surface area contributed by atoms with Gasteiger partial charge in [-0.15, -0.1) is 0 Å². The van der Waals surface area contributed by atoms with Gasteiger partial charge in [0.2, 0.25) is 5.91 Å². The van der Waals surface area contributed by atoms with Crippen molar-refractivity contribution >= 4 is 5.91 Å². The Morgan fingerprint density at radius 1 is 1.36 bits per heavy atom. The van der Waals surface area contributed by atoms with Crippen molar-refractivity contribution in [2.45, 2.75) is 25.9 Å². The standard InChI is InChI=1S/C19H21N5O/c1-23(19(25)15-7-8-24-13-20-11-17(24)9-15)12-16-10-18(22-21-16)14-5-3-2-4-6-14/h2-6,10-11,13,15H,7-9,12H2,1H3,(H,21,22). The van der Waals surface area contributed by atoms with Crippen LogP contribution >= 0.6 is 0 Å². The lowest BCUT2D eigenvalue weighted by atomic mass is 9.95. The van der Waals surface area contributed by atoms with Crippen molar-refractivity contribution < 1.29 is 4.79 Å². The predicted octanol–water partition coefficient (Wildman–Crippen LogP) is 2.49. The monoisotopic (exact) mass is 335 g/mol. The summed E-state index contributed by atoms with van der Waals surface area (Å²) in [7, 11) is 1.86. The molecule has 3 aromatic rings. The summed E-state index contributed by atoms with van der Waals surface area (Å²) in [5.74, 6) is 0.217. The van der Waals surface area contributed by atoms with Gasteiger partial charge in [0, 0.05) is 43.4 Å². The number of carbonyl (C=O) groups is 1. The number of benzene rings is 1. The molecular formula is C19H21N5O. The number of amides is 1. The highest BCUT2D eigenvalue weighted by atomic mass is 16.2. The van der Waals surface area contributed by atoms with E-state index < -0.39 is 0 Å². The molecule has 128 valence electrons. The molecule has 1 N–H and O–H groups in total. The normalized spacial score (nSPS) is 16.4. The van der Waals surface area contributed by atoms with Crippen LogP contribution < -0.4 is 0 Å². The van der Waals surface area contributed by atoms with Gasteiger partial charge in [-0.25, -0.2) is 4.98 Å². The first kappa shape index (κ1) is 15.6. The SMILES string of the molecule is CN(Cc1cc(-c2ccccc2)n[nH]1)C(=O)C1CCn2cncc2C1. The van der Waals surface area contributed by atoms with E-state index in [0.29, 0.717) is 6.54 Å². The molecule has 0 spiro atoms. The molecule has 0 bridgehead atoms. The highest BCUT2D eigenvalue weighted by Gasteiger charge is 2.27. The lowest BCUT2D eigenvalue weighted by Gasteiger charge is -2.27. The highest BCUT2D eigenvalue weighted by molar-refractivity contribution is 5.79. The summed E-state index contributed by atoms with van der Waals surface area (Å²) in [6, 6.07) is 12.0. The first-order valence-corrected chi connectivity index (χ1v) is 8.54. The van der Waals surface area contributed by atoms with Crippen LogP contribution in [0.5, 0.6) is 0 Å². The van der Waals surface area contributed by atoms with E-state index in [1.165, 1.54) is 0 Å². The van der Waals surface area contributed by atoms with Gasteiger partial charge in [0.15, 0.2) is 0 Å². The number of aromatic amines is 1. The van der Waals surface area contributed by atoms with Crippen molar-refractivity contribution in [1.29, 1.82) is 0 Å². The molecule has 1 unspecified atom stereocenters. The van der Waals surface area contributed by atoms with Crippen molar-refractivity contribution in [2.75, 3.05) is 7.05 Å². The Morgan fingerprint density at radius 2 is 2.20 bits per heavy atom. The van der Waals surface area contributed by atoms with E-state index in [1.54, 1.807) is 4.90 Å². The van der Waals surface area contributed by atoms with Gasteiger partial charge in [-0.1, -0.05) is 30.3 Å². The van der Waals surface area contributed by atoms with Gasteiger partial charge < -0.3 is 9.47 Å². The molecule has 6 nitrogen and oxygen atoms in total. The lowest BCUT2D eigenvalue weighted by Crippen LogP contribution is -2.36. The fraction of sp³-hybridized carbons (Fsp3) is 0.316. The van der Waals surface area contributed by atoms with Gasteiger partial charge in [0.1, 0.15) is 0 Å². The van der Waals surface area contributed by atoms with Crippen LogP contribution in [0.15, 0.2) is 48.9 Å². The van der Waals surface area contributed by atoms with Crippen LogP contribution in [-0.2, 0) is 24.3 Å². The Hall–Kier alpha value is -2.89. The van der Waals surface area contributed by atoms with E-state index in [9.17, 15) is 4.79 Å². The molecule has 0 aliphatic carbocycles. The van der Waals surface area contributed by atoms with E-state index in [4.69, 9.17) is 0 Å². The minimum absolute atomic E-state index is 0.0331. The fourth-order valence-electron chi connectivity index (χ4n) is 3.42. The second kappa shape index (κ2) is 6.55. The number of H-pyrrole nitrogens is 1. The Balaban J connectivity index is 1.41. The van der Waals surface area contributed by atoms with Crippen LogP contribution in [-0.4, -0.2) is 37.6 Å². The predicted molar refractivity (Wildman–Crippen MR) is 94.5 cm³/mol. The number of aryl methyl sites for hydroxylation is 1. The number of carbonyl (C=O) groups excluding carboxylic acids is 1. The van der Waals surface area contributed by atoms with Crippen molar-refractivity contribution in [3.8, 4) is 11.3 Å².